The van der Waals surface area contributed by atoms with Crippen LogP contribution in [0, 0.1) is 5.92 Å². The monoisotopic (exact) mass is 222 g/mol. The lowest BCUT2D eigenvalue weighted by molar-refractivity contribution is 0.722. The SMILES string of the molecule is NC(=Nc1ccc(Cl)cc1)C1CCCC1. The van der Waals surface area contributed by atoms with E-state index in [1.165, 1.54) is 25.7 Å². The van der Waals surface area contributed by atoms with Crippen LogP contribution in [0.3, 0.4) is 0 Å². The molecule has 1 aliphatic rings. The van der Waals surface area contributed by atoms with Gasteiger partial charge in [-0.1, -0.05) is 24.4 Å². The maximum atomic E-state index is 5.97. The molecule has 0 heterocycles. The Hall–Kier alpha value is -1.02. The molecule has 15 heavy (non-hydrogen) atoms. The van der Waals surface area contributed by atoms with Gasteiger partial charge in [-0.05, 0) is 37.1 Å². The molecule has 0 aromatic heterocycles. The van der Waals surface area contributed by atoms with Crippen molar-refractivity contribution in [3.8, 4) is 0 Å². The van der Waals surface area contributed by atoms with E-state index < -0.39 is 0 Å². The van der Waals surface area contributed by atoms with Crippen LogP contribution in [0.15, 0.2) is 29.3 Å². The predicted octanol–water partition coefficient (Wildman–Crippen LogP) is 3.52. The molecule has 0 aliphatic heterocycles. The minimum Gasteiger partial charge on any atom is -0.387 e. The zero-order valence-electron chi connectivity index (χ0n) is 8.62. The van der Waals surface area contributed by atoms with Crippen LogP contribution >= 0.6 is 11.6 Å². The van der Waals surface area contributed by atoms with Crippen molar-refractivity contribution < 1.29 is 0 Å². The second-order valence-electron chi connectivity index (χ2n) is 3.99. The number of hydrogen-bond acceptors (Lipinski definition) is 1. The normalized spacial score (nSPS) is 18.3. The summed E-state index contributed by atoms with van der Waals surface area (Å²) in [6.07, 6.45) is 4.93. The van der Waals surface area contributed by atoms with E-state index in [1.54, 1.807) is 0 Å². The second kappa shape index (κ2) is 4.67. The van der Waals surface area contributed by atoms with Gasteiger partial charge in [0.2, 0.25) is 0 Å². The van der Waals surface area contributed by atoms with Gasteiger partial charge in [-0.3, -0.25) is 0 Å². The maximum absolute atomic E-state index is 5.97. The summed E-state index contributed by atoms with van der Waals surface area (Å²) in [5.41, 5.74) is 6.86. The van der Waals surface area contributed by atoms with Gasteiger partial charge >= 0.3 is 0 Å². The molecule has 2 nitrogen and oxygen atoms in total. The molecule has 0 atom stereocenters. The van der Waals surface area contributed by atoms with Gasteiger partial charge < -0.3 is 5.73 Å². The number of nitrogens with two attached hydrogens (primary N) is 1. The summed E-state index contributed by atoms with van der Waals surface area (Å²) in [5.74, 6) is 1.26. The highest BCUT2D eigenvalue weighted by atomic mass is 35.5. The van der Waals surface area contributed by atoms with Crippen LogP contribution in [-0.2, 0) is 0 Å². The van der Waals surface area contributed by atoms with Gasteiger partial charge in [-0.2, -0.15) is 0 Å². The Balaban J connectivity index is 2.11. The zero-order valence-corrected chi connectivity index (χ0v) is 9.37. The number of halogens is 1. The van der Waals surface area contributed by atoms with Crippen molar-refractivity contribution in [1.29, 1.82) is 0 Å². The summed E-state index contributed by atoms with van der Waals surface area (Å²) in [4.78, 5) is 4.42. The fraction of sp³-hybridized carbons (Fsp3) is 0.417. The summed E-state index contributed by atoms with van der Waals surface area (Å²) in [6, 6.07) is 7.46. The average Bonchev–Trinajstić information content (AvgIpc) is 2.74. The lowest BCUT2D eigenvalue weighted by Gasteiger charge is -2.07. The van der Waals surface area contributed by atoms with Crippen molar-refractivity contribution >= 4 is 23.1 Å². The Kier molecular flexibility index (Phi) is 3.27. The molecular formula is C12H15ClN2. The molecule has 2 N–H and O–H groups in total. The fourth-order valence-electron chi connectivity index (χ4n) is 1.98. The lowest BCUT2D eigenvalue weighted by atomic mass is 10.1. The number of nitrogens with zero attached hydrogens (tertiary/aromatic N) is 1. The van der Waals surface area contributed by atoms with Crippen molar-refractivity contribution in [3.05, 3.63) is 29.3 Å². The molecule has 3 heteroatoms. The molecule has 0 bridgehead atoms. The lowest BCUT2D eigenvalue weighted by Crippen LogP contribution is -2.20. The first kappa shape index (κ1) is 10.5. The molecule has 80 valence electrons. The van der Waals surface area contributed by atoms with E-state index in [0.717, 1.165) is 16.5 Å². The Morgan fingerprint density at radius 1 is 1.20 bits per heavy atom. The molecule has 1 aromatic carbocycles. The molecule has 0 spiro atoms. The Morgan fingerprint density at radius 3 is 2.40 bits per heavy atom. The van der Waals surface area contributed by atoms with Crippen LogP contribution in [0.5, 0.6) is 0 Å². The predicted molar refractivity (Wildman–Crippen MR) is 64.7 cm³/mol. The topological polar surface area (TPSA) is 38.4 Å². The van der Waals surface area contributed by atoms with Gasteiger partial charge in [-0.25, -0.2) is 4.99 Å². The van der Waals surface area contributed by atoms with Gasteiger partial charge in [0.15, 0.2) is 0 Å². The third kappa shape index (κ3) is 2.72. The maximum Gasteiger partial charge on any atom is 0.103 e. The number of hydrogen-bond donors (Lipinski definition) is 1. The van der Waals surface area contributed by atoms with Gasteiger partial charge in [0.25, 0.3) is 0 Å². The first-order valence-electron chi connectivity index (χ1n) is 5.35. The third-order valence-electron chi connectivity index (χ3n) is 2.86. The number of aliphatic imine (C=N–C) groups is 1. The highest BCUT2D eigenvalue weighted by Crippen LogP contribution is 2.26. The molecule has 1 aromatic rings. The van der Waals surface area contributed by atoms with Crippen molar-refractivity contribution in [3.63, 3.8) is 0 Å². The first-order chi connectivity index (χ1) is 7.25. The van der Waals surface area contributed by atoms with Crippen molar-refractivity contribution in [1.82, 2.24) is 0 Å². The van der Waals surface area contributed by atoms with E-state index >= 15 is 0 Å². The van der Waals surface area contributed by atoms with E-state index in [4.69, 9.17) is 17.3 Å². The van der Waals surface area contributed by atoms with E-state index in [0.29, 0.717) is 5.92 Å². The number of benzene rings is 1. The van der Waals surface area contributed by atoms with Crippen LogP contribution in [0.1, 0.15) is 25.7 Å². The van der Waals surface area contributed by atoms with Crippen molar-refractivity contribution in [2.24, 2.45) is 16.6 Å². The quantitative estimate of drug-likeness (QED) is 0.604. The highest BCUT2D eigenvalue weighted by Gasteiger charge is 2.18. The molecule has 0 amide bonds. The van der Waals surface area contributed by atoms with Crippen LogP contribution < -0.4 is 5.73 Å². The van der Waals surface area contributed by atoms with Crippen LogP contribution in [0.2, 0.25) is 5.02 Å². The zero-order chi connectivity index (χ0) is 10.7. The summed E-state index contributed by atoms with van der Waals surface area (Å²) in [6.45, 7) is 0. The standard InChI is InChI=1S/C12H15ClN2/c13-10-5-7-11(8-6-10)15-12(14)9-3-1-2-4-9/h5-9H,1-4H2,(H2,14,15). The summed E-state index contributed by atoms with van der Waals surface area (Å²) in [7, 11) is 0. The Morgan fingerprint density at radius 2 is 1.80 bits per heavy atom. The summed E-state index contributed by atoms with van der Waals surface area (Å²) >= 11 is 5.80. The van der Waals surface area contributed by atoms with Gasteiger partial charge in [0.1, 0.15) is 5.84 Å². The van der Waals surface area contributed by atoms with E-state index in [-0.39, 0.29) is 0 Å². The van der Waals surface area contributed by atoms with Crippen molar-refractivity contribution in [2.75, 3.05) is 0 Å². The average molecular weight is 223 g/mol. The molecule has 0 radical (unpaired) electrons. The van der Waals surface area contributed by atoms with E-state index in [2.05, 4.69) is 4.99 Å². The fourth-order valence-corrected chi connectivity index (χ4v) is 2.10. The highest BCUT2D eigenvalue weighted by molar-refractivity contribution is 6.30. The van der Waals surface area contributed by atoms with Crippen LogP contribution in [-0.4, -0.2) is 5.84 Å². The molecule has 1 aliphatic carbocycles. The Bertz CT molecular complexity index is 350. The van der Waals surface area contributed by atoms with Crippen LogP contribution in [0.25, 0.3) is 0 Å². The number of amidine groups is 1. The largest absolute Gasteiger partial charge is 0.387 e. The summed E-state index contributed by atoms with van der Waals surface area (Å²) < 4.78 is 0. The molecule has 2 rings (SSSR count). The minimum absolute atomic E-state index is 0.487. The third-order valence-corrected chi connectivity index (χ3v) is 3.11. The second-order valence-corrected chi connectivity index (χ2v) is 4.43. The van der Waals surface area contributed by atoms with Gasteiger partial charge in [0, 0.05) is 10.9 Å². The number of rotatable bonds is 2. The van der Waals surface area contributed by atoms with Gasteiger partial charge in [-0.15, -0.1) is 0 Å². The minimum atomic E-state index is 0.487. The van der Waals surface area contributed by atoms with E-state index in [1.807, 2.05) is 24.3 Å². The molecule has 1 fully saturated rings. The van der Waals surface area contributed by atoms with Gasteiger partial charge in [0.05, 0.1) is 5.69 Å². The molecule has 0 unspecified atom stereocenters. The van der Waals surface area contributed by atoms with Crippen LogP contribution in [0.4, 0.5) is 5.69 Å². The Labute approximate surface area is 95.2 Å². The molecular weight excluding hydrogens is 208 g/mol. The smallest absolute Gasteiger partial charge is 0.103 e. The summed E-state index contributed by atoms with van der Waals surface area (Å²) in [5, 5.41) is 0.730. The molecule has 1 saturated carbocycles. The van der Waals surface area contributed by atoms with E-state index in [9.17, 15) is 0 Å². The molecule has 0 saturated heterocycles. The first-order valence-corrected chi connectivity index (χ1v) is 5.73. The van der Waals surface area contributed by atoms with Crippen molar-refractivity contribution in [2.45, 2.75) is 25.7 Å².